The van der Waals surface area contributed by atoms with Crippen molar-refractivity contribution in [3.63, 3.8) is 0 Å². The number of carbonyl (C=O) groups excluding carboxylic acids is 2. The van der Waals surface area contributed by atoms with E-state index in [2.05, 4.69) is 32.5 Å². The van der Waals surface area contributed by atoms with Crippen molar-refractivity contribution >= 4 is 17.5 Å². The van der Waals surface area contributed by atoms with Gasteiger partial charge in [0.15, 0.2) is 0 Å². The Balaban J connectivity index is 1.36. The Hall–Kier alpha value is -2.77. The highest BCUT2D eigenvalue weighted by Gasteiger charge is 2.44. The van der Waals surface area contributed by atoms with Gasteiger partial charge in [-0.3, -0.25) is 24.4 Å². The number of para-hydroxylation sites is 1. The summed E-state index contributed by atoms with van der Waals surface area (Å²) in [7, 11) is 2.09. The summed E-state index contributed by atoms with van der Waals surface area (Å²) in [6.07, 6.45) is 3.86. The topological polar surface area (TPSA) is 77.6 Å². The van der Waals surface area contributed by atoms with Gasteiger partial charge >= 0.3 is 0 Å². The number of anilines is 1. The molecule has 2 aromatic rings. The molecule has 2 fully saturated rings. The molecular formula is C23H29N5O2. The van der Waals surface area contributed by atoms with E-state index < -0.39 is 0 Å². The molecule has 0 saturated carbocycles. The first-order chi connectivity index (χ1) is 14.6. The maximum absolute atomic E-state index is 12.9. The van der Waals surface area contributed by atoms with Crippen molar-refractivity contribution in [2.24, 2.45) is 0 Å². The van der Waals surface area contributed by atoms with Crippen LogP contribution in [0.4, 0.5) is 5.69 Å². The molecule has 1 aromatic heterocycles. The number of aromatic nitrogens is 1. The smallest absolute Gasteiger partial charge is 0.239 e. The SMILES string of the molecule is CN1[C@@H](CCC(=O)Nc2ccccc2)CNC(=O)[C@@H]2[C@H]1CCN2Cc1ccccn1. The molecule has 2 aliphatic heterocycles. The van der Waals surface area contributed by atoms with Crippen molar-refractivity contribution < 1.29 is 9.59 Å². The fraction of sp³-hybridized carbons (Fsp3) is 0.435. The molecule has 0 radical (unpaired) electrons. The van der Waals surface area contributed by atoms with Crippen LogP contribution in [0.3, 0.4) is 0 Å². The summed E-state index contributed by atoms with van der Waals surface area (Å²) in [5.74, 6) is 0.0847. The Morgan fingerprint density at radius 3 is 2.77 bits per heavy atom. The zero-order valence-electron chi connectivity index (χ0n) is 17.3. The third kappa shape index (κ3) is 4.68. The van der Waals surface area contributed by atoms with E-state index in [1.54, 1.807) is 6.20 Å². The molecule has 2 N–H and O–H groups in total. The third-order valence-corrected chi connectivity index (χ3v) is 6.20. The number of pyridine rings is 1. The van der Waals surface area contributed by atoms with Crippen LogP contribution in [-0.2, 0) is 16.1 Å². The molecular weight excluding hydrogens is 378 g/mol. The summed E-state index contributed by atoms with van der Waals surface area (Å²) in [6, 6.07) is 15.5. The lowest BCUT2D eigenvalue weighted by atomic mass is 10.0. The Morgan fingerprint density at radius 2 is 2.00 bits per heavy atom. The van der Waals surface area contributed by atoms with Crippen LogP contribution in [0, 0.1) is 0 Å². The third-order valence-electron chi connectivity index (χ3n) is 6.20. The van der Waals surface area contributed by atoms with Gasteiger partial charge in [-0.2, -0.15) is 0 Å². The number of nitrogens with zero attached hydrogens (tertiary/aromatic N) is 3. The van der Waals surface area contributed by atoms with E-state index in [0.717, 1.165) is 24.3 Å². The summed E-state index contributed by atoms with van der Waals surface area (Å²) in [4.78, 5) is 34.2. The van der Waals surface area contributed by atoms with Gasteiger partial charge in [0.05, 0.1) is 5.69 Å². The number of likely N-dealkylation sites (tertiary alicyclic amines) is 1. The predicted octanol–water partition coefficient (Wildman–Crippen LogP) is 1.87. The molecule has 158 valence electrons. The van der Waals surface area contributed by atoms with Crippen LogP contribution >= 0.6 is 0 Å². The minimum atomic E-state index is -0.180. The van der Waals surface area contributed by atoms with Gasteiger partial charge < -0.3 is 10.6 Å². The Morgan fingerprint density at radius 1 is 1.20 bits per heavy atom. The number of amides is 2. The molecule has 7 nitrogen and oxygen atoms in total. The van der Waals surface area contributed by atoms with Gasteiger partial charge in [-0.05, 0) is 44.2 Å². The van der Waals surface area contributed by atoms with Crippen molar-refractivity contribution in [1.82, 2.24) is 20.1 Å². The number of carbonyl (C=O) groups is 2. The van der Waals surface area contributed by atoms with Crippen LogP contribution in [0.5, 0.6) is 0 Å². The average molecular weight is 408 g/mol. The predicted molar refractivity (Wildman–Crippen MR) is 116 cm³/mol. The van der Waals surface area contributed by atoms with Crippen LogP contribution in [0.1, 0.15) is 25.0 Å². The van der Waals surface area contributed by atoms with Gasteiger partial charge in [-0.25, -0.2) is 0 Å². The van der Waals surface area contributed by atoms with Crippen molar-refractivity contribution in [3.8, 4) is 0 Å². The first kappa shape index (κ1) is 20.5. The number of fused-ring (bicyclic) bond motifs is 1. The van der Waals surface area contributed by atoms with Gasteiger partial charge in [0.1, 0.15) is 6.04 Å². The lowest BCUT2D eigenvalue weighted by molar-refractivity contribution is -0.126. The van der Waals surface area contributed by atoms with Crippen molar-refractivity contribution in [2.45, 2.75) is 43.9 Å². The number of hydrogen-bond donors (Lipinski definition) is 2. The minimum absolute atomic E-state index is 0.00456. The second-order valence-electron chi connectivity index (χ2n) is 8.11. The first-order valence-electron chi connectivity index (χ1n) is 10.6. The zero-order valence-corrected chi connectivity index (χ0v) is 17.3. The molecule has 1 aromatic carbocycles. The number of rotatable bonds is 6. The lowest BCUT2D eigenvalue weighted by Gasteiger charge is -2.33. The standard InChI is InChI=1S/C23H29N5O2/c1-27-19(10-11-21(29)26-17-7-3-2-4-8-17)15-25-23(30)22-20(27)12-14-28(22)16-18-9-5-6-13-24-18/h2-9,13,19-20,22H,10-12,14-16H2,1H3,(H,25,30)(H,26,29)/t19-,20+,22-/m0/s1. The fourth-order valence-corrected chi connectivity index (χ4v) is 4.57. The number of hydrogen-bond acceptors (Lipinski definition) is 5. The summed E-state index contributed by atoms with van der Waals surface area (Å²) in [5, 5.41) is 6.05. The maximum atomic E-state index is 12.9. The Kier molecular flexibility index (Phi) is 6.40. The van der Waals surface area contributed by atoms with Crippen LogP contribution in [0.2, 0.25) is 0 Å². The molecule has 7 heteroatoms. The van der Waals surface area contributed by atoms with Gasteiger partial charge in [0.25, 0.3) is 0 Å². The maximum Gasteiger partial charge on any atom is 0.239 e. The summed E-state index contributed by atoms with van der Waals surface area (Å²) in [6.45, 7) is 2.11. The lowest BCUT2D eigenvalue weighted by Crippen LogP contribution is -2.49. The Labute approximate surface area is 177 Å². The average Bonchev–Trinajstić information content (AvgIpc) is 3.13. The molecule has 0 aliphatic carbocycles. The van der Waals surface area contributed by atoms with Crippen LogP contribution in [-0.4, -0.2) is 64.9 Å². The quantitative estimate of drug-likeness (QED) is 0.765. The molecule has 0 unspecified atom stereocenters. The largest absolute Gasteiger partial charge is 0.353 e. The van der Waals surface area contributed by atoms with Crippen molar-refractivity contribution in [2.75, 3.05) is 25.5 Å². The molecule has 3 atom stereocenters. The van der Waals surface area contributed by atoms with E-state index in [1.165, 1.54) is 0 Å². The van der Waals surface area contributed by atoms with Crippen molar-refractivity contribution in [3.05, 3.63) is 60.4 Å². The second-order valence-corrected chi connectivity index (χ2v) is 8.11. The molecule has 2 amide bonds. The van der Waals surface area contributed by atoms with Gasteiger partial charge in [0.2, 0.25) is 11.8 Å². The second kappa shape index (κ2) is 9.36. The fourth-order valence-electron chi connectivity index (χ4n) is 4.57. The molecule has 3 heterocycles. The van der Waals surface area contributed by atoms with E-state index in [9.17, 15) is 9.59 Å². The Bertz CT molecular complexity index is 860. The molecule has 2 saturated heterocycles. The van der Waals surface area contributed by atoms with Crippen LogP contribution in [0.25, 0.3) is 0 Å². The van der Waals surface area contributed by atoms with Crippen molar-refractivity contribution in [1.29, 1.82) is 0 Å². The highest BCUT2D eigenvalue weighted by molar-refractivity contribution is 5.90. The van der Waals surface area contributed by atoms with Gasteiger partial charge in [0, 0.05) is 50.0 Å². The number of likely N-dealkylation sites (N-methyl/N-ethyl adjacent to an activating group) is 1. The van der Waals surface area contributed by atoms with Gasteiger partial charge in [-0.1, -0.05) is 24.3 Å². The monoisotopic (exact) mass is 407 g/mol. The number of nitrogens with one attached hydrogen (secondary N) is 2. The molecule has 30 heavy (non-hydrogen) atoms. The highest BCUT2D eigenvalue weighted by Crippen LogP contribution is 2.28. The summed E-state index contributed by atoms with van der Waals surface area (Å²) < 4.78 is 0. The highest BCUT2D eigenvalue weighted by atomic mass is 16.2. The molecule has 2 aliphatic rings. The van der Waals surface area contributed by atoms with E-state index in [-0.39, 0.29) is 29.9 Å². The van der Waals surface area contributed by atoms with Crippen LogP contribution < -0.4 is 10.6 Å². The first-order valence-corrected chi connectivity index (χ1v) is 10.6. The molecule has 4 rings (SSSR count). The van der Waals surface area contributed by atoms with E-state index in [0.29, 0.717) is 25.9 Å². The van der Waals surface area contributed by atoms with Gasteiger partial charge in [-0.15, -0.1) is 0 Å². The van der Waals surface area contributed by atoms with Crippen LogP contribution in [0.15, 0.2) is 54.7 Å². The molecule has 0 bridgehead atoms. The van der Waals surface area contributed by atoms with E-state index >= 15 is 0 Å². The van der Waals surface area contributed by atoms with E-state index in [1.807, 2.05) is 48.5 Å². The molecule has 0 spiro atoms. The van der Waals surface area contributed by atoms with E-state index in [4.69, 9.17) is 0 Å². The summed E-state index contributed by atoms with van der Waals surface area (Å²) in [5.41, 5.74) is 1.79. The normalized spacial score (nSPS) is 24.7. The summed E-state index contributed by atoms with van der Waals surface area (Å²) >= 11 is 0. The number of benzene rings is 1. The zero-order chi connectivity index (χ0) is 20.9. The minimum Gasteiger partial charge on any atom is -0.353 e.